The molecule has 0 aliphatic rings. The van der Waals surface area contributed by atoms with Gasteiger partial charge in [-0.3, -0.25) is 0 Å². The van der Waals surface area contributed by atoms with Crippen LogP contribution in [0.2, 0.25) is 0 Å². The van der Waals surface area contributed by atoms with E-state index in [9.17, 15) is 0 Å². The Balaban J connectivity index is 1.90. The topological polar surface area (TPSA) is 82.6 Å². The maximum absolute atomic E-state index is 5.91. The molecule has 0 aliphatic heterocycles. The first kappa shape index (κ1) is 16.4. The van der Waals surface area contributed by atoms with Crippen LogP contribution in [-0.4, -0.2) is 23.0 Å². The smallest absolute Gasteiger partial charge is 0.125 e. The molecule has 0 amide bonds. The SMILES string of the molecule is Cc1nnc(CCCOc2c(C)cc(C=NON)cc2C)s1. The summed E-state index contributed by atoms with van der Waals surface area (Å²) in [6.07, 6.45) is 3.38. The standard InChI is InChI=1S/C15H20N4O2S/c1-10-7-13(9-17-21-16)8-11(2)15(10)20-6-4-5-14-19-18-12(3)22-14/h7-9H,4-6,16H2,1-3H3. The van der Waals surface area contributed by atoms with Crippen molar-refractivity contribution in [2.75, 3.05) is 6.61 Å². The zero-order chi connectivity index (χ0) is 15.9. The second-order valence-electron chi connectivity index (χ2n) is 4.99. The van der Waals surface area contributed by atoms with Gasteiger partial charge in [0.25, 0.3) is 0 Å². The number of hydrogen-bond acceptors (Lipinski definition) is 7. The summed E-state index contributed by atoms with van der Waals surface area (Å²) >= 11 is 1.64. The van der Waals surface area contributed by atoms with Gasteiger partial charge in [0.05, 0.1) is 12.8 Å². The number of nitrogens with two attached hydrogens (primary N) is 1. The second-order valence-corrected chi connectivity index (χ2v) is 6.26. The summed E-state index contributed by atoms with van der Waals surface area (Å²) in [7, 11) is 0. The van der Waals surface area contributed by atoms with Crippen molar-refractivity contribution in [1.82, 2.24) is 10.2 Å². The molecule has 0 unspecified atom stereocenters. The van der Waals surface area contributed by atoms with Crippen LogP contribution in [0.5, 0.6) is 5.75 Å². The quantitative estimate of drug-likeness (QED) is 0.482. The molecule has 0 aliphatic carbocycles. The molecule has 2 N–H and O–H groups in total. The van der Waals surface area contributed by atoms with E-state index in [1.165, 1.54) is 0 Å². The molecular weight excluding hydrogens is 300 g/mol. The highest BCUT2D eigenvalue weighted by Crippen LogP contribution is 2.24. The van der Waals surface area contributed by atoms with E-state index >= 15 is 0 Å². The Kier molecular flexibility index (Phi) is 5.85. The van der Waals surface area contributed by atoms with E-state index in [4.69, 9.17) is 10.6 Å². The molecule has 6 nitrogen and oxygen atoms in total. The first-order valence-electron chi connectivity index (χ1n) is 7.02. The lowest BCUT2D eigenvalue weighted by molar-refractivity contribution is 0.150. The third kappa shape index (κ3) is 4.51. The lowest BCUT2D eigenvalue weighted by Crippen LogP contribution is -2.03. The van der Waals surface area contributed by atoms with Crippen LogP contribution in [0.15, 0.2) is 17.3 Å². The van der Waals surface area contributed by atoms with E-state index in [-0.39, 0.29) is 0 Å². The highest BCUT2D eigenvalue weighted by atomic mass is 32.1. The number of aryl methyl sites for hydroxylation is 4. The summed E-state index contributed by atoms with van der Waals surface area (Å²) in [6.45, 7) is 6.64. The maximum Gasteiger partial charge on any atom is 0.125 e. The molecule has 0 atom stereocenters. The van der Waals surface area contributed by atoms with Crippen molar-refractivity contribution >= 4 is 17.6 Å². The van der Waals surface area contributed by atoms with Gasteiger partial charge in [0.15, 0.2) is 0 Å². The minimum Gasteiger partial charge on any atom is -0.493 e. The van der Waals surface area contributed by atoms with Crippen molar-refractivity contribution in [3.05, 3.63) is 38.8 Å². The number of rotatable bonds is 7. The minimum absolute atomic E-state index is 0.652. The third-order valence-electron chi connectivity index (χ3n) is 3.09. The van der Waals surface area contributed by atoms with Gasteiger partial charge >= 0.3 is 0 Å². The van der Waals surface area contributed by atoms with Crippen molar-refractivity contribution in [1.29, 1.82) is 0 Å². The number of hydrogen-bond donors (Lipinski definition) is 1. The van der Waals surface area contributed by atoms with Crippen molar-refractivity contribution in [3.63, 3.8) is 0 Å². The summed E-state index contributed by atoms with van der Waals surface area (Å²) < 4.78 is 5.91. The second kappa shape index (κ2) is 7.86. The number of nitrogens with zero attached hydrogens (tertiary/aromatic N) is 3. The van der Waals surface area contributed by atoms with E-state index in [1.807, 2.05) is 32.9 Å². The molecule has 0 bridgehead atoms. The van der Waals surface area contributed by atoms with Crippen molar-refractivity contribution in [2.45, 2.75) is 33.6 Å². The Morgan fingerprint density at radius 1 is 1.23 bits per heavy atom. The normalized spacial score (nSPS) is 11.1. The minimum atomic E-state index is 0.652. The fourth-order valence-corrected chi connectivity index (χ4v) is 2.96. The molecule has 1 heterocycles. The predicted molar refractivity (Wildman–Crippen MR) is 87.2 cm³/mol. The number of aromatic nitrogens is 2. The first-order chi connectivity index (χ1) is 10.6. The molecule has 0 fully saturated rings. The zero-order valence-corrected chi connectivity index (χ0v) is 13.8. The Bertz CT molecular complexity index is 632. The van der Waals surface area contributed by atoms with Gasteiger partial charge in [0.1, 0.15) is 15.8 Å². The Hall–Kier alpha value is -1.99. The lowest BCUT2D eigenvalue weighted by atomic mass is 10.1. The summed E-state index contributed by atoms with van der Waals surface area (Å²) in [5.41, 5.74) is 3.05. The van der Waals surface area contributed by atoms with Gasteiger partial charge < -0.3 is 9.68 Å². The van der Waals surface area contributed by atoms with Gasteiger partial charge in [-0.1, -0.05) is 5.16 Å². The highest BCUT2D eigenvalue weighted by molar-refractivity contribution is 7.11. The molecule has 0 radical (unpaired) electrons. The van der Waals surface area contributed by atoms with E-state index in [0.29, 0.717) is 6.61 Å². The van der Waals surface area contributed by atoms with E-state index < -0.39 is 0 Å². The van der Waals surface area contributed by atoms with Crippen LogP contribution in [0.3, 0.4) is 0 Å². The van der Waals surface area contributed by atoms with Gasteiger partial charge in [-0.25, -0.2) is 0 Å². The van der Waals surface area contributed by atoms with E-state index in [0.717, 1.165) is 45.3 Å². The molecule has 22 heavy (non-hydrogen) atoms. The van der Waals surface area contributed by atoms with E-state index in [2.05, 4.69) is 20.3 Å². The predicted octanol–water partition coefficient (Wildman–Crippen LogP) is 2.70. The molecule has 0 spiro atoms. The molecule has 0 saturated carbocycles. The summed E-state index contributed by atoms with van der Waals surface area (Å²) in [5, 5.41) is 13.7. The number of ether oxygens (including phenoxy) is 1. The van der Waals surface area contributed by atoms with Crippen LogP contribution in [0, 0.1) is 20.8 Å². The first-order valence-corrected chi connectivity index (χ1v) is 7.84. The van der Waals surface area contributed by atoms with Crippen LogP contribution in [-0.2, 0) is 11.4 Å². The highest BCUT2D eigenvalue weighted by Gasteiger charge is 2.07. The zero-order valence-electron chi connectivity index (χ0n) is 13.0. The van der Waals surface area contributed by atoms with Crippen LogP contribution >= 0.6 is 11.3 Å². The fourth-order valence-electron chi connectivity index (χ4n) is 2.21. The molecule has 2 rings (SSSR count). The van der Waals surface area contributed by atoms with Gasteiger partial charge in [0, 0.05) is 6.42 Å². The molecule has 7 heteroatoms. The molecule has 2 aromatic rings. The summed E-state index contributed by atoms with van der Waals surface area (Å²) in [6, 6.07) is 3.97. The average Bonchev–Trinajstić information content (AvgIpc) is 2.89. The summed E-state index contributed by atoms with van der Waals surface area (Å²) in [5.74, 6) is 5.80. The van der Waals surface area contributed by atoms with Gasteiger partial charge in [-0.15, -0.1) is 27.4 Å². The van der Waals surface area contributed by atoms with Gasteiger partial charge in [-0.05, 0) is 56.0 Å². The van der Waals surface area contributed by atoms with E-state index in [1.54, 1.807) is 17.6 Å². The molecule has 1 aromatic carbocycles. The third-order valence-corrected chi connectivity index (χ3v) is 3.99. The molecule has 0 saturated heterocycles. The number of benzene rings is 1. The maximum atomic E-state index is 5.91. The van der Waals surface area contributed by atoms with Crippen molar-refractivity contribution in [2.24, 2.45) is 11.1 Å². The van der Waals surface area contributed by atoms with Crippen molar-refractivity contribution in [3.8, 4) is 5.75 Å². The Morgan fingerprint density at radius 3 is 2.55 bits per heavy atom. The largest absolute Gasteiger partial charge is 0.493 e. The Morgan fingerprint density at radius 2 is 1.95 bits per heavy atom. The lowest BCUT2D eigenvalue weighted by Gasteiger charge is -2.12. The van der Waals surface area contributed by atoms with Crippen LogP contribution in [0.25, 0.3) is 0 Å². The fraction of sp³-hybridized carbons (Fsp3) is 0.400. The Labute approximate surface area is 133 Å². The molecular formula is C15H20N4O2S. The molecule has 118 valence electrons. The van der Waals surface area contributed by atoms with Gasteiger partial charge in [0.2, 0.25) is 0 Å². The number of oxime groups is 1. The summed E-state index contributed by atoms with van der Waals surface area (Å²) in [4.78, 5) is 4.21. The van der Waals surface area contributed by atoms with Crippen molar-refractivity contribution < 1.29 is 9.68 Å². The average molecular weight is 320 g/mol. The van der Waals surface area contributed by atoms with Crippen LogP contribution in [0.4, 0.5) is 0 Å². The monoisotopic (exact) mass is 320 g/mol. The molecule has 1 aromatic heterocycles. The van der Waals surface area contributed by atoms with Crippen LogP contribution < -0.4 is 10.6 Å². The van der Waals surface area contributed by atoms with Crippen LogP contribution in [0.1, 0.15) is 33.1 Å². The van der Waals surface area contributed by atoms with Gasteiger partial charge in [-0.2, -0.15) is 0 Å².